The normalized spacial score (nSPS) is 21.2. The van der Waals surface area contributed by atoms with Gasteiger partial charge in [0.25, 0.3) is 0 Å². The van der Waals surface area contributed by atoms with Crippen molar-refractivity contribution in [3.63, 3.8) is 0 Å². The molecule has 1 N–H and O–H groups in total. The molecule has 0 amide bonds. The van der Waals surface area contributed by atoms with Gasteiger partial charge in [0, 0.05) is 13.2 Å². The number of nitrogens with one attached hydrogen (secondary N) is 1. The summed E-state index contributed by atoms with van der Waals surface area (Å²) < 4.78 is 32.4. The van der Waals surface area contributed by atoms with Gasteiger partial charge in [0.2, 0.25) is 10.0 Å². The van der Waals surface area contributed by atoms with Gasteiger partial charge in [-0.2, -0.15) is 0 Å². The summed E-state index contributed by atoms with van der Waals surface area (Å²) in [5.74, 6) is 0. The van der Waals surface area contributed by atoms with Crippen molar-refractivity contribution >= 4 is 10.0 Å². The third kappa shape index (κ3) is 2.94. The van der Waals surface area contributed by atoms with Gasteiger partial charge in [-0.1, -0.05) is 18.2 Å². The van der Waals surface area contributed by atoms with Crippen LogP contribution in [0.2, 0.25) is 0 Å². The minimum atomic E-state index is -3.35. The average Bonchev–Trinajstić information content (AvgIpc) is 3.28. The second kappa shape index (κ2) is 5.95. The molecule has 0 aliphatic heterocycles. The number of hydrogen-bond acceptors (Lipinski definition) is 3. The third-order valence-electron chi connectivity index (χ3n) is 4.99. The SMILES string of the molecule is COCC1(S(=O)(=O)NC(C)c2ccc3c(c2)CCCC3)CC1. The Morgan fingerprint density at radius 1 is 1.23 bits per heavy atom. The molecule has 0 spiro atoms. The molecule has 2 aliphatic rings. The van der Waals surface area contributed by atoms with E-state index < -0.39 is 14.8 Å². The van der Waals surface area contributed by atoms with Gasteiger partial charge in [-0.15, -0.1) is 0 Å². The van der Waals surface area contributed by atoms with E-state index in [1.54, 1.807) is 7.11 Å². The Bertz CT molecular complexity index is 650. The van der Waals surface area contributed by atoms with Crippen LogP contribution >= 0.6 is 0 Å². The van der Waals surface area contributed by atoms with Crippen molar-refractivity contribution in [3.8, 4) is 0 Å². The van der Waals surface area contributed by atoms with E-state index in [-0.39, 0.29) is 12.6 Å². The van der Waals surface area contributed by atoms with Gasteiger partial charge in [0.15, 0.2) is 0 Å². The van der Waals surface area contributed by atoms with Crippen LogP contribution in [0.1, 0.15) is 55.3 Å². The fourth-order valence-corrected chi connectivity index (χ4v) is 5.11. The monoisotopic (exact) mass is 323 g/mol. The highest BCUT2D eigenvalue weighted by Gasteiger charge is 2.55. The summed E-state index contributed by atoms with van der Waals surface area (Å²) in [6.45, 7) is 2.20. The zero-order chi connectivity index (χ0) is 15.8. The summed E-state index contributed by atoms with van der Waals surface area (Å²) in [6.07, 6.45) is 6.12. The van der Waals surface area contributed by atoms with Crippen molar-refractivity contribution in [1.82, 2.24) is 4.72 Å². The van der Waals surface area contributed by atoms with Gasteiger partial charge in [0.05, 0.1) is 6.61 Å². The van der Waals surface area contributed by atoms with Crippen molar-refractivity contribution < 1.29 is 13.2 Å². The number of aryl methyl sites for hydroxylation is 2. The number of rotatable bonds is 6. The molecule has 0 saturated heterocycles. The van der Waals surface area contributed by atoms with E-state index in [1.807, 2.05) is 6.92 Å². The molecule has 1 unspecified atom stereocenters. The maximum absolute atomic E-state index is 12.6. The van der Waals surface area contributed by atoms with Gasteiger partial charge in [-0.3, -0.25) is 0 Å². The summed E-state index contributed by atoms with van der Waals surface area (Å²) in [5.41, 5.74) is 3.85. The van der Waals surface area contributed by atoms with Crippen molar-refractivity contribution in [2.75, 3.05) is 13.7 Å². The summed E-state index contributed by atoms with van der Waals surface area (Å²) >= 11 is 0. The molecule has 1 saturated carbocycles. The maximum Gasteiger partial charge on any atom is 0.220 e. The van der Waals surface area contributed by atoms with E-state index in [1.165, 1.54) is 24.0 Å². The van der Waals surface area contributed by atoms with Crippen LogP contribution in [0.3, 0.4) is 0 Å². The van der Waals surface area contributed by atoms with Crippen LogP contribution in [-0.2, 0) is 27.6 Å². The first kappa shape index (κ1) is 16.0. The number of hydrogen-bond donors (Lipinski definition) is 1. The Labute approximate surface area is 133 Å². The van der Waals surface area contributed by atoms with Crippen LogP contribution in [0.15, 0.2) is 18.2 Å². The molecule has 1 aromatic carbocycles. The summed E-state index contributed by atoms with van der Waals surface area (Å²) in [4.78, 5) is 0. The number of sulfonamides is 1. The Balaban J connectivity index is 1.76. The third-order valence-corrected chi connectivity index (χ3v) is 7.32. The van der Waals surface area contributed by atoms with Gasteiger partial charge in [-0.25, -0.2) is 13.1 Å². The summed E-state index contributed by atoms with van der Waals surface area (Å²) in [5, 5.41) is 0. The number of methoxy groups -OCH3 is 1. The fourth-order valence-electron chi connectivity index (χ4n) is 3.34. The van der Waals surface area contributed by atoms with Crippen LogP contribution in [0.5, 0.6) is 0 Å². The van der Waals surface area contributed by atoms with Crippen LogP contribution < -0.4 is 4.72 Å². The summed E-state index contributed by atoms with van der Waals surface area (Å²) in [6, 6.07) is 6.20. The van der Waals surface area contributed by atoms with Crippen molar-refractivity contribution in [1.29, 1.82) is 0 Å². The predicted molar refractivity (Wildman–Crippen MR) is 87.4 cm³/mol. The lowest BCUT2D eigenvalue weighted by Gasteiger charge is -2.22. The van der Waals surface area contributed by atoms with Crippen LogP contribution in [0, 0.1) is 0 Å². The molecular weight excluding hydrogens is 298 g/mol. The highest BCUT2D eigenvalue weighted by molar-refractivity contribution is 7.91. The van der Waals surface area contributed by atoms with Crippen molar-refractivity contribution in [2.24, 2.45) is 0 Å². The Kier molecular flexibility index (Phi) is 4.32. The molecule has 0 aromatic heterocycles. The lowest BCUT2D eigenvalue weighted by molar-refractivity contribution is 0.191. The van der Waals surface area contributed by atoms with Crippen LogP contribution in [0.4, 0.5) is 0 Å². The molecule has 3 rings (SSSR count). The van der Waals surface area contributed by atoms with E-state index in [0.717, 1.165) is 18.4 Å². The molecule has 1 atom stereocenters. The quantitative estimate of drug-likeness (QED) is 0.876. The molecule has 22 heavy (non-hydrogen) atoms. The van der Waals surface area contributed by atoms with E-state index in [4.69, 9.17) is 4.74 Å². The molecule has 4 nitrogen and oxygen atoms in total. The predicted octanol–water partition coefficient (Wildman–Crippen LogP) is 2.72. The van der Waals surface area contributed by atoms with Gasteiger partial charge in [-0.05, 0) is 62.1 Å². The molecule has 0 heterocycles. The topological polar surface area (TPSA) is 55.4 Å². The second-order valence-electron chi connectivity index (χ2n) is 6.69. The first-order chi connectivity index (χ1) is 10.5. The zero-order valence-electron chi connectivity index (χ0n) is 13.4. The minimum absolute atomic E-state index is 0.202. The maximum atomic E-state index is 12.6. The minimum Gasteiger partial charge on any atom is -0.383 e. The van der Waals surface area contributed by atoms with E-state index in [2.05, 4.69) is 22.9 Å². The Hall–Kier alpha value is -0.910. The second-order valence-corrected chi connectivity index (χ2v) is 8.80. The zero-order valence-corrected chi connectivity index (χ0v) is 14.2. The molecule has 2 aliphatic carbocycles. The number of fused-ring (bicyclic) bond motifs is 1. The van der Waals surface area contributed by atoms with Crippen LogP contribution in [-0.4, -0.2) is 26.9 Å². The number of ether oxygens (including phenoxy) is 1. The molecule has 122 valence electrons. The molecule has 1 aromatic rings. The first-order valence-electron chi connectivity index (χ1n) is 8.10. The molecule has 0 radical (unpaired) electrons. The highest BCUT2D eigenvalue weighted by Crippen LogP contribution is 2.43. The Morgan fingerprint density at radius 2 is 1.91 bits per heavy atom. The number of benzene rings is 1. The van der Waals surface area contributed by atoms with Gasteiger partial charge >= 0.3 is 0 Å². The molecule has 5 heteroatoms. The van der Waals surface area contributed by atoms with E-state index >= 15 is 0 Å². The lowest BCUT2D eigenvalue weighted by atomic mass is 9.89. The first-order valence-corrected chi connectivity index (χ1v) is 9.58. The fraction of sp³-hybridized carbons (Fsp3) is 0.647. The van der Waals surface area contributed by atoms with E-state index in [9.17, 15) is 8.42 Å². The molecule has 0 bridgehead atoms. The smallest absolute Gasteiger partial charge is 0.220 e. The largest absolute Gasteiger partial charge is 0.383 e. The van der Waals surface area contributed by atoms with Gasteiger partial charge < -0.3 is 4.74 Å². The molecular formula is C17H25NO3S. The summed E-state index contributed by atoms with van der Waals surface area (Å²) in [7, 11) is -1.80. The lowest BCUT2D eigenvalue weighted by Crippen LogP contribution is -2.40. The highest BCUT2D eigenvalue weighted by atomic mass is 32.2. The van der Waals surface area contributed by atoms with Gasteiger partial charge in [0.1, 0.15) is 4.75 Å². The Morgan fingerprint density at radius 3 is 2.55 bits per heavy atom. The molecule has 1 fully saturated rings. The average molecular weight is 323 g/mol. The van der Waals surface area contributed by atoms with Crippen LogP contribution in [0.25, 0.3) is 0 Å². The van der Waals surface area contributed by atoms with Crippen molar-refractivity contribution in [3.05, 3.63) is 34.9 Å². The standard InChI is InChI=1S/C17H25NO3S/c1-13(18-22(19,20)17(9-10-17)12-21-2)15-8-7-14-5-3-4-6-16(14)11-15/h7-8,11,13,18H,3-6,9-10,12H2,1-2H3. The van der Waals surface area contributed by atoms with Crippen molar-refractivity contribution in [2.45, 2.75) is 56.2 Å². The van der Waals surface area contributed by atoms with E-state index in [0.29, 0.717) is 12.8 Å².